The van der Waals surface area contributed by atoms with E-state index in [1.807, 2.05) is 0 Å². The molecule has 1 amide bonds. The fourth-order valence-electron chi connectivity index (χ4n) is 2.63. The third kappa shape index (κ3) is 5.97. The minimum Gasteiger partial charge on any atom is -0.508 e. The quantitative estimate of drug-likeness (QED) is 0.358. The lowest BCUT2D eigenvalue weighted by atomic mass is 10.0. The van der Waals surface area contributed by atoms with Crippen molar-refractivity contribution in [2.24, 2.45) is 0 Å². The van der Waals surface area contributed by atoms with Crippen molar-refractivity contribution >= 4 is 17.7 Å². The van der Waals surface area contributed by atoms with Crippen molar-refractivity contribution in [3.05, 3.63) is 69.3 Å². The number of carbonyl (C=O) groups is 2. The zero-order valence-electron chi connectivity index (χ0n) is 15.1. The number of nitrogens with one attached hydrogen (secondary N) is 1. The van der Waals surface area contributed by atoms with E-state index < -0.39 is 17.2 Å². The SMILES string of the molecule is CC(OC(=O)O)c1cc(CNC(=O)CCc2ccc(O)cc2)ccc1[N+](=O)[O-]. The van der Waals surface area contributed by atoms with Crippen LogP contribution >= 0.6 is 0 Å². The van der Waals surface area contributed by atoms with E-state index in [0.29, 0.717) is 12.0 Å². The molecule has 0 saturated carbocycles. The van der Waals surface area contributed by atoms with Gasteiger partial charge in [-0.3, -0.25) is 14.9 Å². The molecule has 0 heterocycles. The maximum absolute atomic E-state index is 12.0. The molecule has 2 rings (SSSR count). The van der Waals surface area contributed by atoms with Crippen molar-refractivity contribution in [1.82, 2.24) is 5.32 Å². The van der Waals surface area contributed by atoms with Gasteiger partial charge in [-0.2, -0.15) is 0 Å². The summed E-state index contributed by atoms with van der Waals surface area (Å²) in [5, 5.41) is 31.8. The Bertz CT molecular complexity index is 865. The van der Waals surface area contributed by atoms with Crippen molar-refractivity contribution in [3.63, 3.8) is 0 Å². The average Bonchev–Trinajstić information content (AvgIpc) is 2.65. The fraction of sp³-hybridized carbons (Fsp3) is 0.263. The monoisotopic (exact) mass is 388 g/mol. The molecule has 0 aliphatic carbocycles. The van der Waals surface area contributed by atoms with Crippen LogP contribution in [0, 0.1) is 10.1 Å². The summed E-state index contributed by atoms with van der Waals surface area (Å²) in [5.41, 5.74) is 1.35. The highest BCUT2D eigenvalue weighted by molar-refractivity contribution is 5.76. The van der Waals surface area contributed by atoms with Gasteiger partial charge in [-0.25, -0.2) is 4.79 Å². The molecule has 3 N–H and O–H groups in total. The van der Waals surface area contributed by atoms with E-state index in [4.69, 9.17) is 5.11 Å². The molecular weight excluding hydrogens is 368 g/mol. The van der Waals surface area contributed by atoms with Crippen molar-refractivity contribution in [3.8, 4) is 5.75 Å². The summed E-state index contributed by atoms with van der Waals surface area (Å²) >= 11 is 0. The number of aromatic hydroxyl groups is 1. The number of hydrogen-bond acceptors (Lipinski definition) is 6. The number of ether oxygens (including phenoxy) is 1. The molecule has 0 aromatic heterocycles. The number of phenolic OH excluding ortho intramolecular Hbond substituents is 1. The van der Waals surface area contributed by atoms with Gasteiger partial charge in [-0.1, -0.05) is 18.2 Å². The van der Waals surface area contributed by atoms with Gasteiger partial charge < -0.3 is 20.3 Å². The molecule has 2 aromatic carbocycles. The predicted octanol–water partition coefficient (Wildman–Crippen LogP) is 3.31. The smallest absolute Gasteiger partial charge is 0.506 e. The third-order valence-electron chi connectivity index (χ3n) is 4.07. The van der Waals surface area contributed by atoms with Crippen LogP contribution in [0.4, 0.5) is 10.5 Å². The average molecular weight is 388 g/mol. The first-order valence-electron chi connectivity index (χ1n) is 8.47. The second kappa shape index (κ2) is 9.36. The maximum Gasteiger partial charge on any atom is 0.506 e. The summed E-state index contributed by atoms with van der Waals surface area (Å²) in [4.78, 5) is 33.3. The molecule has 2 aromatic rings. The Kier molecular flexibility index (Phi) is 6.91. The van der Waals surface area contributed by atoms with Gasteiger partial charge in [0, 0.05) is 19.0 Å². The van der Waals surface area contributed by atoms with Crippen LogP contribution in [-0.2, 0) is 22.5 Å². The second-order valence-electron chi connectivity index (χ2n) is 6.12. The van der Waals surface area contributed by atoms with Crippen LogP contribution in [0.5, 0.6) is 5.75 Å². The molecule has 148 valence electrons. The number of carbonyl (C=O) groups excluding carboxylic acids is 1. The van der Waals surface area contributed by atoms with Crippen LogP contribution < -0.4 is 5.32 Å². The lowest BCUT2D eigenvalue weighted by molar-refractivity contribution is -0.386. The Morgan fingerprint density at radius 2 is 1.82 bits per heavy atom. The van der Waals surface area contributed by atoms with E-state index >= 15 is 0 Å². The minimum atomic E-state index is -1.53. The van der Waals surface area contributed by atoms with E-state index in [0.717, 1.165) is 5.56 Å². The summed E-state index contributed by atoms with van der Waals surface area (Å²) in [7, 11) is 0. The predicted molar refractivity (Wildman–Crippen MR) is 98.9 cm³/mol. The first-order valence-corrected chi connectivity index (χ1v) is 8.47. The molecule has 0 aliphatic heterocycles. The number of carboxylic acid groups (broad SMARTS) is 1. The van der Waals surface area contributed by atoms with Gasteiger partial charge in [0.05, 0.1) is 10.5 Å². The highest BCUT2D eigenvalue weighted by atomic mass is 16.7. The van der Waals surface area contributed by atoms with E-state index in [9.17, 15) is 24.8 Å². The van der Waals surface area contributed by atoms with Crippen LogP contribution in [0.1, 0.15) is 36.1 Å². The number of hydrogen-bond donors (Lipinski definition) is 3. The Labute approximate surface area is 160 Å². The Morgan fingerprint density at radius 1 is 1.18 bits per heavy atom. The number of benzene rings is 2. The standard InChI is InChI=1S/C19H20N2O7/c1-12(28-19(24)25)16-10-14(4-8-17(16)21(26)27)11-20-18(23)9-5-13-2-6-15(22)7-3-13/h2-4,6-8,10,12,22H,5,9,11H2,1H3,(H,20,23)(H,24,25). The van der Waals surface area contributed by atoms with Crippen LogP contribution in [0.3, 0.4) is 0 Å². The van der Waals surface area contributed by atoms with Crippen molar-refractivity contribution in [1.29, 1.82) is 0 Å². The van der Waals surface area contributed by atoms with Gasteiger partial charge in [0.25, 0.3) is 5.69 Å². The lowest BCUT2D eigenvalue weighted by Crippen LogP contribution is -2.23. The number of nitro groups is 1. The van der Waals surface area contributed by atoms with E-state index in [-0.39, 0.29) is 35.9 Å². The van der Waals surface area contributed by atoms with E-state index in [1.165, 1.54) is 25.1 Å². The first kappa shape index (κ1) is 20.7. The topological polar surface area (TPSA) is 139 Å². The molecule has 0 saturated heterocycles. The van der Waals surface area contributed by atoms with Crippen molar-refractivity contribution in [2.45, 2.75) is 32.4 Å². The molecule has 0 aliphatic rings. The number of nitrogens with zero attached hydrogens (tertiary/aromatic N) is 1. The Morgan fingerprint density at radius 3 is 2.43 bits per heavy atom. The number of amides is 1. The number of aryl methyl sites for hydroxylation is 1. The van der Waals surface area contributed by atoms with Crippen LogP contribution in [-0.4, -0.2) is 27.2 Å². The summed E-state index contributed by atoms with van der Waals surface area (Å²) in [6, 6.07) is 10.8. The Hall–Kier alpha value is -3.62. The van der Waals surface area contributed by atoms with Gasteiger partial charge in [-0.15, -0.1) is 0 Å². The van der Waals surface area contributed by atoms with E-state index in [2.05, 4.69) is 10.1 Å². The zero-order valence-corrected chi connectivity index (χ0v) is 15.1. The fourth-order valence-corrected chi connectivity index (χ4v) is 2.63. The number of phenols is 1. The highest BCUT2D eigenvalue weighted by Gasteiger charge is 2.22. The molecule has 9 nitrogen and oxygen atoms in total. The first-order chi connectivity index (χ1) is 13.3. The summed E-state index contributed by atoms with van der Waals surface area (Å²) < 4.78 is 4.61. The van der Waals surface area contributed by atoms with E-state index in [1.54, 1.807) is 24.3 Å². The molecule has 9 heteroatoms. The number of rotatable bonds is 8. The molecular formula is C19H20N2O7. The molecule has 0 spiro atoms. The molecule has 0 fully saturated rings. The van der Waals surface area contributed by atoms with Crippen LogP contribution in [0.2, 0.25) is 0 Å². The third-order valence-corrected chi connectivity index (χ3v) is 4.07. The molecule has 0 radical (unpaired) electrons. The normalized spacial score (nSPS) is 11.5. The highest BCUT2D eigenvalue weighted by Crippen LogP contribution is 2.28. The van der Waals surface area contributed by atoms with Crippen LogP contribution in [0.25, 0.3) is 0 Å². The molecule has 1 atom stereocenters. The summed E-state index contributed by atoms with van der Waals surface area (Å²) in [6.45, 7) is 1.54. The summed E-state index contributed by atoms with van der Waals surface area (Å²) in [6.07, 6.45) is -1.82. The van der Waals surface area contributed by atoms with Gasteiger partial charge in [0.15, 0.2) is 0 Å². The maximum atomic E-state index is 12.0. The lowest BCUT2D eigenvalue weighted by Gasteiger charge is -2.13. The zero-order chi connectivity index (χ0) is 20.7. The Balaban J connectivity index is 1.99. The van der Waals surface area contributed by atoms with Gasteiger partial charge in [0.2, 0.25) is 5.91 Å². The van der Waals surface area contributed by atoms with Gasteiger partial charge in [-0.05, 0) is 42.7 Å². The summed E-state index contributed by atoms with van der Waals surface area (Å²) in [5.74, 6) is -0.0499. The number of nitro benzene ring substituents is 1. The largest absolute Gasteiger partial charge is 0.508 e. The molecule has 28 heavy (non-hydrogen) atoms. The second-order valence-corrected chi connectivity index (χ2v) is 6.12. The van der Waals surface area contributed by atoms with Gasteiger partial charge in [0.1, 0.15) is 11.9 Å². The van der Waals surface area contributed by atoms with Crippen LogP contribution in [0.15, 0.2) is 42.5 Å². The minimum absolute atomic E-state index is 0.114. The molecule has 1 unspecified atom stereocenters. The van der Waals surface area contributed by atoms with Crippen molar-refractivity contribution in [2.75, 3.05) is 0 Å². The van der Waals surface area contributed by atoms with Crippen molar-refractivity contribution < 1.29 is 29.5 Å². The molecule has 0 bridgehead atoms. The van der Waals surface area contributed by atoms with Gasteiger partial charge >= 0.3 is 6.16 Å².